The van der Waals surface area contributed by atoms with Gasteiger partial charge in [-0.3, -0.25) is 4.79 Å². The Morgan fingerprint density at radius 1 is 1.33 bits per heavy atom. The number of fused-ring (bicyclic) bond motifs is 1. The summed E-state index contributed by atoms with van der Waals surface area (Å²) in [6.07, 6.45) is 3.83. The largest absolute Gasteiger partial charge is 0.442 e. The molecule has 0 N–H and O–H groups in total. The van der Waals surface area contributed by atoms with Crippen LogP contribution in [0.4, 0.5) is 0 Å². The molecule has 0 saturated carbocycles. The van der Waals surface area contributed by atoms with Crippen molar-refractivity contribution in [3.05, 3.63) is 71.5 Å². The zero-order chi connectivity index (χ0) is 18.8. The SMILES string of the molecule is COC(c1ccccc1)c1nc2c(o1)CCN(C(=O)Cn1ccnc1C)C2. The van der Waals surface area contributed by atoms with Crippen LogP contribution in [0.25, 0.3) is 0 Å². The lowest BCUT2D eigenvalue weighted by Gasteiger charge is -2.25. The molecule has 1 unspecified atom stereocenters. The normalized spacial score (nSPS) is 14.8. The van der Waals surface area contributed by atoms with Crippen molar-refractivity contribution < 1.29 is 13.9 Å². The third-order valence-corrected chi connectivity index (χ3v) is 4.89. The van der Waals surface area contributed by atoms with Gasteiger partial charge in [0.2, 0.25) is 11.8 Å². The number of benzene rings is 1. The van der Waals surface area contributed by atoms with E-state index in [1.54, 1.807) is 13.3 Å². The van der Waals surface area contributed by atoms with Gasteiger partial charge < -0.3 is 18.6 Å². The van der Waals surface area contributed by atoms with Gasteiger partial charge in [-0.05, 0) is 12.5 Å². The molecule has 1 aliphatic heterocycles. The number of methoxy groups -OCH3 is 1. The monoisotopic (exact) mass is 366 g/mol. The highest BCUT2D eigenvalue weighted by molar-refractivity contribution is 5.76. The third-order valence-electron chi connectivity index (χ3n) is 4.89. The summed E-state index contributed by atoms with van der Waals surface area (Å²) in [4.78, 5) is 23.3. The van der Waals surface area contributed by atoms with Gasteiger partial charge in [0, 0.05) is 32.5 Å². The second-order valence-electron chi connectivity index (χ2n) is 6.62. The van der Waals surface area contributed by atoms with Gasteiger partial charge in [0.25, 0.3) is 0 Å². The molecule has 1 amide bonds. The molecular weight excluding hydrogens is 344 g/mol. The number of carbonyl (C=O) groups is 1. The molecule has 4 rings (SSSR count). The first-order valence-electron chi connectivity index (χ1n) is 8.97. The van der Waals surface area contributed by atoms with Crippen LogP contribution in [0.15, 0.2) is 47.1 Å². The summed E-state index contributed by atoms with van der Waals surface area (Å²) in [5.74, 6) is 2.26. The van der Waals surface area contributed by atoms with Crippen molar-refractivity contribution >= 4 is 5.91 Å². The Labute approximate surface area is 157 Å². The molecule has 0 aliphatic carbocycles. The Morgan fingerprint density at radius 2 is 2.15 bits per heavy atom. The first-order valence-corrected chi connectivity index (χ1v) is 8.97. The maximum absolute atomic E-state index is 12.6. The number of oxazole rings is 1. The molecule has 7 nitrogen and oxygen atoms in total. The molecule has 2 aromatic heterocycles. The number of amides is 1. The smallest absolute Gasteiger partial charge is 0.242 e. The molecule has 0 radical (unpaired) electrons. The van der Waals surface area contributed by atoms with Crippen molar-refractivity contribution in [2.45, 2.75) is 32.5 Å². The molecule has 1 aliphatic rings. The quantitative estimate of drug-likeness (QED) is 0.694. The summed E-state index contributed by atoms with van der Waals surface area (Å²) in [5.41, 5.74) is 1.80. The zero-order valence-electron chi connectivity index (χ0n) is 15.5. The summed E-state index contributed by atoms with van der Waals surface area (Å²) in [7, 11) is 1.64. The maximum Gasteiger partial charge on any atom is 0.242 e. The van der Waals surface area contributed by atoms with Crippen LogP contribution in [0.1, 0.15) is 34.8 Å². The molecule has 0 spiro atoms. The average Bonchev–Trinajstić information content (AvgIpc) is 3.28. The number of nitrogens with zero attached hydrogens (tertiary/aromatic N) is 4. The second kappa shape index (κ2) is 7.36. The minimum atomic E-state index is -0.352. The minimum Gasteiger partial charge on any atom is -0.442 e. The van der Waals surface area contributed by atoms with Crippen LogP contribution < -0.4 is 0 Å². The Kier molecular flexibility index (Phi) is 4.77. The van der Waals surface area contributed by atoms with E-state index < -0.39 is 0 Å². The van der Waals surface area contributed by atoms with Crippen LogP contribution in [-0.4, -0.2) is 39.0 Å². The molecule has 7 heteroatoms. The number of rotatable bonds is 5. The van der Waals surface area contributed by atoms with Gasteiger partial charge in [0.15, 0.2) is 6.10 Å². The topological polar surface area (TPSA) is 73.4 Å². The lowest BCUT2D eigenvalue weighted by molar-refractivity contribution is -0.132. The fraction of sp³-hybridized carbons (Fsp3) is 0.350. The molecule has 0 bridgehead atoms. The van der Waals surface area contributed by atoms with Crippen LogP contribution in [0.3, 0.4) is 0 Å². The van der Waals surface area contributed by atoms with Crippen molar-refractivity contribution in [3.63, 3.8) is 0 Å². The first kappa shape index (κ1) is 17.5. The molecular formula is C20H22N4O3. The third kappa shape index (κ3) is 3.50. The van der Waals surface area contributed by atoms with E-state index in [-0.39, 0.29) is 18.6 Å². The predicted octanol–water partition coefficient (Wildman–Crippen LogP) is 2.50. The average molecular weight is 366 g/mol. The van der Waals surface area contributed by atoms with Gasteiger partial charge in [-0.2, -0.15) is 0 Å². The van der Waals surface area contributed by atoms with Crippen molar-refractivity contribution in [1.82, 2.24) is 19.4 Å². The minimum absolute atomic E-state index is 0.0534. The molecule has 140 valence electrons. The number of imidazole rings is 1. The molecule has 27 heavy (non-hydrogen) atoms. The molecule has 1 atom stereocenters. The number of aromatic nitrogens is 3. The summed E-state index contributed by atoms with van der Waals surface area (Å²) in [5, 5.41) is 0. The number of hydrogen-bond donors (Lipinski definition) is 0. The first-order chi connectivity index (χ1) is 13.2. The fourth-order valence-corrected chi connectivity index (χ4v) is 3.37. The molecule has 3 heterocycles. The van der Waals surface area contributed by atoms with Gasteiger partial charge in [0.05, 0.1) is 6.54 Å². The van der Waals surface area contributed by atoms with Crippen molar-refractivity contribution in [2.75, 3.05) is 13.7 Å². The molecule has 0 saturated heterocycles. The predicted molar refractivity (Wildman–Crippen MR) is 97.9 cm³/mol. The number of aryl methyl sites for hydroxylation is 1. The van der Waals surface area contributed by atoms with Crippen LogP contribution in [-0.2, 0) is 29.0 Å². The van der Waals surface area contributed by atoms with Crippen molar-refractivity contribution in [3.8, 4) is 0 Å². The Bertz CT molecular complexity index is 932. The van der Waals surface area contributed by atoms with E-state index in [9.17, 15) is 4.79 Å². The van der Waals surface area contributed by atoms with Gasteiger partial charge in [-0.25, -0.2) is 9.97 Å². The van der Waals surface area contributed by atoms with Gasteiger partial charge in [-0.1, -0.05) is 30.3 Å². The Morgan fingerprint density at radius 3 is 2.85 bits per heavy atom. The second-order valence-corrected chi connectivity index (χ2v) is 6.62. The van der Waals surface area contributed by atoms with Gasteiger partial charge >= 0.3 is 0 Å². The van der Waals surface area contributed by atoms with E-state index >= 15 is 0 Å². The van der Waals surface area contributed by atoms with E-state index in [4.69, 9.17) is 9.15 Å². The van der Waals surface area contributed by atoms with E-state index in [1.807, 2.05) is 52.9 Å². The highest BCUT2D eigenvalue weighted by Crippen LogP contribution is 2.29. The van der Waals surface area contributed by atoms with E-state index in [2.05, 4.69) is 9.97 Å². The highest BCUT2D eigenvalue weighted by atomic mass is 16.5. The summed E-state index contributed by atoms with van der Waals surface area (Å²) >= 11 is 0. The number of carbonyl (C=O) groups excluding carboxylic acids is 1. The number of ether oxygens (including phenoxy) is 1. The van der Waals surface area contributed by atoms with Crippen molar-refractivity contribution in [2.24, 2.45) is 0 Å². The van der Waals surface area contributed by atoms with E-state index in [0.29, 0.717) is 25.4 Å². The van der Waals surface area contributed by atoms with Crippen LogP contribution >= 0.6 is 0 Å². The Hall–Kier alpha value is -2.93. The van der Waals surface area contributed by atoms with Crippen LogP contribution in [0.2, 0.25) is 0 Å². The molecule has 0 fully saturated rings. The maximum atomic E-state index is 12.6. The fourth-order valence-electron chi connectivity index (χ4n) is 3.37. The number of hydrogen-bond acceptors (Lipinski definition) is 5. The van der Waals surface area contributed by atoms with Crippen LogP contribution in [0, 0.1) is 6.92 Å². The standard InChI is InChI=1S/C20H22N4O3/c1-14-21-9-11-23(14)13-18(25)24-10-8-17-16(12-24)22-20(27-17)19(26-2)15-6-4-3-5-7-15/h3-7,9,11,19H,8,10,12-13H2,1-2H3. The zero-order valence-corrected chi connectivity index (χ0v) is 15.5. The van der Waals surface area contributed by atoms with E-state index in [1.165, 1.54) is 0 Å². The molecule has 1 aromatic carbocycles. The summed E-state index contributed by atoms with van der Waals surface area (Å²) in [6, 6.07) is 9.86. The summed E-state index contributed by atoms with van der Waals surface area (Å²) in [6.45, 7) is 3.25. The van der Waals surface area contributed by atoms with Gasteiger partial charge in [0.1, 0.15) is 23.8 Å². The van der Waals surface area contributed by atoms with Gasteiger partial charge in [-0.15, -0.1) is 0 Å². The molecule has 3 aromatic rings. The highest BCUT2D eigenvalue weighted by Gasteiger charge is 2.28. The van der Waals surface area contributed by atoms with Crippen molar-refractivity contribution in [1.29, 1.82) is 0 Å². The Balaban J connectivity index is 1.50. The lowest BCUT2D eigenvalue weighted by atomic mass is 10.1. The summed E-state index contributed by atoms with van der Waals surface area (Å²) < 4.78 is 13.4. The lowest BCUT2D eigenvalue weighted by Crippen LogP contribution is -2.38. The van der Waals surface area contributed by atoms with Crippen LogP contribution in [0.5, 0.6) is 0 Å². The van der Waals surface area contributed by atoms with E-state index in [0.717, 1.165) is 22.8 Å².